The first-order valence-corrected chi connectivity index (χ1v) is 9.11. The number of amidine groups is 1. The summed E-state index contributed by atoms with van der Waals surface area (Å²) in [6.07, 6.45) is 1.66. The molecule has 2 aromatic rings. The van der Waals surface area contributed by atoms with E-state index in [1.54, 1.807) is 59.5 Å². The molecule has 1 amide bonds. The van der Waals surface area contributed by atoms with Crippen molar-refractivity contribution in [3.63, 3.8) is 0 Å². The number of benzene rings is 2. The average Bonchev–Trinajstić information content (AvgIpc) is 2.97. The molecular formula is C20H18N2O4S. The number of likely N-dealkylation sites (N-methyl/N-ethyl adjacent to an activating group) is 1. The van der Waals surface area contributed by atoms with Crippen LogP contribution in [0.5, 0.6) is 5.75 Å². The van der Waals surface area contributed by atoms with E-state index in [9.17, 15) is 14.7 Å². The van der Waals surface area contributed by atoms with E-state index in [0.29, 0.717) is 33.4 Å². The first-order valence-electron chi connectivity index (χ1n) is 8.30. The summed E-state index contributed by atoms with van der Waals surface area (Å²) < 4.78 is 4.68. The van der Waals surface area contributed by atoms with Crippen LogP contribution in [0.1, 0.15) is 22.8 Å². The van der Waals surface area contributed by atoms with Crippen LogP contribution < -0.4 is 0 Å². The molecule has 0 spiro atoms. The number of nitrogens with zero attached hydrogens (tertiary/aromatic N) is 2. The smallest absolute Gasteiger partial charge is 0.337 e. The van der Waals surface area contributed by atoms with Gasteiger partial charge in [0.15, 0.2) is 5.17 Å². The van der Waals surface area contributed by atoms with Crippen molar-refractivity contribution in [1.82, 2.24) is 4.90 Å². The summed E-state index contributed by atoms with van der Waals surface area (Å²) in [7, 11) is 1.33. The minimum absolute atomic E-state index is 0.116. The Balaban J connectivity index is 1.89. The van der Waals surface area contributed by atoms with Crippen LogP contribution in [-0.4, -0.2) is 40.7 Å². The van der Waals surface area contributed by atoms with Gasteiger partial charge in [-0.3, -0.25) is 9.69 Å². The summed E-state index contributed by atoms with van der Waals surface area (Å²) in [5.74, 6) is -0.455. The SMILES string of the molecule is CCN1C(=O)C(=Cc2ccccc2O)SC1=Nc1ccc(C(=O)OC)cc1. The zero-order valence-corrected chi connectivity index (χ0v) is 15.7. The third-order valence-electron chi connectivity index (χ3n) is 3.94. The zero-order chi connectivity index (χ0) is 19.4. The van der Waals surface area contributed by atoms with Gasteiger partial charge in [0.05, 0.1) is 23.3 Å². The quantitative estimate of drug-likeness (QED) is 0.643. The van der Waals surface area contributed by atoms with Crippen molar-refractivity contribution in [2.24, 2.45) is 4.99 Å². The second kappa shape index (κ2) is 8.09. The topological polar surface area (TPSA) is 79.2 Å². The van der Waals surface area contributed by atoms with Crippen molar-refractivity contribution in [3.05, 3.63) is 64.6 Å². The van der Waals surface area contributed by atoms with Gasteiger partial charge in [-0.1, -0.05) is 18.2 Å². The van der Waals surface area contributed by atoms with Crippen molar-refractivity contribution in [3.8, 4) is 5.75 Å². The summed E-state index contributed by atoms with van der Waals surface area (Å²) in [5, 5.41) is 10.5. The van der Waals surface area contributed by atoms with E-state index in [2.05, 4.69) is 9.73 Å². The number of methoxy groups -OCH3 is 1. The van der Waals surface area contributed by atoms with E-state index in [0.717, 1.165) is 0 Å². The monoisotopic (exact) mass is 382 g/mol. The third kappa shape index (κ3) is 4.03. The van der Waals surface area contributed by atoms with Crippen LogP contribution in [0.4, 0.5) is 5.69 Å². The van der Waals surface area contributed by atoms with Gasteiger partial charge in [-0.15, -0.1) is 0 Å². The number of rotatable bonds is 4. The number of phenolic OH excluding ortho intramolecular Hbond substituents is 1. The van der Waals surface area contributed by atoms with E-state index in [1.807, 2.05) is 6.92 Å². The maximum Gasteiger partial charge on any atom is 0.337 e. The summed E-state index contributed by atoms with van der Waals surface area (Å²) in [6, 6.07) is 13.5. The molecule has 7 heteroatoms. The minimum atomic E-state index is -0.414. The molecule has 6 nitrogen and oxygen atoms in total. The number of ether oxygens (including phenoxy) is 1. The lowest BCUT2D eigenvalue weighted by Gasteiger charge is -2.12. The van der Waals surface area contributed by atoms with Crippen LogP contribution in [-0.2, 0) is 9.53 Å². The summed E-state index contributed by atoms with van der Waals surface area (Å²) in [6.45, 7) is 2.35. The number of hydrogen-bond donors (Lipinski definition) is 1. The molecule has 3 rings (SSSR count). The van der Waals surface area contributed by atoms with Crippen molar-refractivity contribution in [1.29, 1.82) is 0 Å². The summed E-state index contributed by atoms with van der Waals surface area (Å²) in [5.41, 5.74) is 1.64. The Bertz CT molecular complexity index is 935. The highest BCUT2D eigenvalue weighted by atomic mass is 32.2. The predicted octanol–water partition coefficient (Wildman–Crippen LogP) is 3.80. The maximum absolute atomic E-state index is 12.6. The highest BCUT2D eigenvalue weighted by molar-refractivity contribution is 8.18. The zero-order valence-electron chi connectivity index (χ0n) is 14.9. The summed E-state index contributed by atoms with van der Waals surface area (Å²) >= 11 is 1.25. The number of thioether (sulfide) groups is 1. The molecule has 27 heavy (non-hydrogen) atoms. The number of esters is 1. The molecule has 1 N–H and O–H groups in total. The van der Waals surface area contributed by atoms with Crippen LogP contribution in [0.15, 0.2) is 58.4 Å². The number of aromatic hydroxyl groups is 1. The average molecular weight is 382 g/mol. The van der Waals surface area contributed by atoms with Gasteiger partial charge in [-0.05, 0) is 55.1 Å². The highest BCUT2D eigenvalue weighted by Crippen LogP contribution is 2.35. The Hall–Kier alpha value is -3.06. The van der Waals surface area contributed by atoms with Gasteiger partial charge in [0, 0.05) is 12.1 Å². The molecule has 2 aromatic carbocycles. The van der Waals surface area contributed by atoms with Crippen molar-refractivity contribution >= 4 is 40.6 Å². The molecule has 0 saturated carbocycles. The van der Waals surface area contributed by atoms with Gasteiger partial charge >= 0.3 is 5.97 Å². The molecule has 0 radical (unpaired) electrons. The van der Waals surface area contributed by atoms with Gasteiger partial charge in [0.25, 0.3) is 5.91 Å². The number of para-hydroxylation sites is 1. The van der Waals surface area contributed by atoms with E-state index in [-0.39, 0.29) is 11.7 Å². The second-order valence-corrected chi connectivity index (χ2v) is 6.66. The van der Waals surface area contributed by atoms with Gasteiger partial charge < -0.3 is 9.84 Å². The number of carbonyl (C=O) groups is 2. The molecule has 1 fully saturated rings. The maximum atomic E-state index is 12.6. The van der Waals surface area contributed by atoms with E-state index in [4.69, 9.17) is 0 Å². The fourth-order valence-electron chi connectivity index (χ4n) is 2.52. The predicted molar refractivity (Wildman–Crippen MR) is 106 cm³/mol. The lowest BCUT2D eigenvalue weighted by atomic mass is 10.2. The molecule has 0 atom stereocenters. The van der Waals surface area contributed by atoms with Crippen molar-refractivity contribution in [2.75, 3.05) is 13.7 Å². The Kier molecular flexibility index (Phi) is 5.61. The number of hydrogen-bond acceptors (Lipinski definition) is 6. The number of carbonyl (C=O) groups excluding carboxylic acids is 2. The fraction of sp³-hybridized carbons (Fsp3) is 0.150. The molecule has 0 aromatic heterocycles. The highest BCUT2D eigenvalue weighted by Gasteiger charge is 2.32. The van der Waals surface area contributed by atoms with Crippen molar-refractivity contribution in [2.45, 2.75) is 6.92 Å². The fourth-order valence-corrected chi connectivity index (χ4v) is 3.57. The lowest BCUT2D eigenvalue weighted by molar-refractivity contribution is -0.122. The molecule has 0 aliphatic carbocycles. The summed E-state index contributed by atoms with van der Waals surface area (Å²) in [4.78, 5) is 30.8. The molecule has 1 aliphatic heterocycles. The van der Waals surface area contributed by atoms with Gasteiger partial charge in [-0.25, -0.2) is 9.79 Å². The Morgan fingerprint density at radius 1 is 1.22 bits per heavy atom. The Labute approximate surface area is 161 Å². The number of amides is 1. The molecule has 138 valence electrons. The van der Waals surface area contributed by atoms with Crippen molar-refractivity contribution < 1.29 is 19.4 Å². The molecule has 1 heterocycles. The largest absolute Gasteiger partial charge is 0.507 e. The van der Waals surface area contributed by atoms with Crippen LogP contribution in [0.2, 0.25) is 0 Å². The van der Waals surface area contributed by atoms with E-state index >= 15 is 0 Å². The van der Waals surface area contributed by atoms with Crippen LogP contribution >= 0.6 is 11.8 Å². The van der Waals surface area contributed by atoms with Gasteiger partial charge in [-0.2, -0.15) is 0 Å². The first-order chi connectivity index (χ1) is 13.0. The molecular weight excluding hydrogens is 364 g/mol. The third-order valence-corrected chi connectivity index (χ3v) is 4.95. The standard InChI is InChI=1S/C20H18N2O4S/c1-3-22-18(24)17(12-14-6-4-5-7-16(14)23)27-20(22)21-15-10-8-13(9-11-15)19(25)26-2/h4-12,23H,3H2,1-2H3. The van der Waals surface area contributed by atoms with Gasteiger partial charge in [0.1, 0.15) is 5.75 Å². The van der Waals surface area contributed by atoms with Crippen LogP contribution in [0.3, 0.4) is 0 Å². The van der Waals surface area contributed by atoms with Crippen LogP contribution in [0, 0.1) is 0 Å². The number of aliphatic imine (C=N–C) groups is 1. The molecule has 1 saturated heterocycles. The first kappa shape index (κ1) is 18.7. The molecule has 0 unspecified atom stereocenters. The Morgan fingerprint density at radius 3 is 2.56 bits per heavy atom. The van der Waals surface area contributed by atoms with Crippen LogP contribution in [0.25, 0.3) is 6.08 Å². The lowest BCUT2D eigenvalue weighted by Crippen LogP contribution is -2.28. The number of phenols is 1. The minimum Gasteiger partial charge on any atom is -0.507 e. The normalized spacial score (nSPS) is 17.0. The molecule has 0 bridgehead atoms. The second-order valence-electron chi connectivity index (χ2n) is 5.65. The van der Waals surface area contributed by atoms with E-state index < -0.39 is 5.97 Å². The Morgan fingerprint density at radius 2 is 1.93 bits per heavy atom. The van der Waals surface area contributed by atoms with Gasteiger partial charge in [0.2, 0.25) is 0 Å². The molecule has 1 aliphatic rings. The van der Waals surface area contributed by atoms with E-state index in [1.165, 1.54) is 18.9 Å².